The van der Waals surface area contributed by atoms with Gasteiger partial charge in [0.15, 0.2) is 0 Å². The summed E-state index contributed by atoms with van der Waals surface area (Å²) in [6.07, 6.45) is -0.288. The minimum Gasteiger partial charge on any atom is -0.444 e. The summed E-state index contributed by atoms with van der Waals surface area (Å²) >= 11 is 6.92. The van der Waals surface area contributed by atoms with E-state index in [9.17, 15) is 4.79 Å². The molecule has 0 fully saturated rings. The molecule has 112 valence electrons. The summed E-state index contributed by atoms with van der Waals surface area (Å²) in [5.41, 5.74) is 0.563. The molecule has 0 spiro atoms. The Balaban J connectivity index is 2.90. The van der Waals surface area contributed by atoms with Crippen molar-refractivity contribution in [1.82, 2.24) is 4.90 Å². The van der Waals surface area contributed by atoms with Gasteiger partial charge in [0.2, 0.25) is 0 Å². The van der Waals surface area contributed by atoms with Crippen LogP contribution in [0.5, 0.6) is 0 Å². The zero-order valence-corrected chi connectivity index (χ0v) is 15.7. The molecule has 0 saturated carbocycles. The van der Waals surface area contributed by atoms with Crippen molar-refractivity contribution in [2.45, 2.75) is 52.8 Å². The molecule has 0 aromatic heterocycles. The van der Waals surface area contributed by atoms with Gasteiger partial charge in [-0.2, -0.15) is 0 Å². The number of benzene rings is 1. The Hall–Kier alpha value is -0.550. The van der Waals surface area contributed by atoms with E-state index in [0.717, 1.165) is 14.5 Å². The first-order chi connectivity index (χ1) is 9.08. The van der Waals surface area contributed by atoms with Crippen molar-refractivity contribution in [3.63, 3.8) is 0 Å². The molecule has 1 rings (SSSR count). The number of amides is 1. The third-order valence-electron chi connectivity index (χ3n) is 2.53. The smallest absolute Gasteiger partial charge is 0.410 e. The maximum Gasteiger partial charge on any atom is 0.410 e. The highest BCUT2D eigenvalue weighted by molar-refractivity contribution is 9.11. The quantitative estimate of drug-likeness (QED) is 0.676. The molecule has 0 saturated heterocycles. The molecule has 0 N–H and O–H groups in total. The molecule has 0 aliphatic carbocycles. The summed E-state index contributed by atoms with van der Waals surface area (Å²) < 4.78 is 7.42. The van der Waals surface area contributed by atoms with E-state index < -0.39 is 5.60 Å². The first-order valence-electron chi connectivity index (χ1n) is 6.53. The number of carbonyl (C=O) groups excluding carboxylic acids is 1. The number of hydrogen-bond donors (Lipinski definition) is 0. The van der Waals surface area contributed by atoms with E-state index in [1.54, 1.807) is 4.90 Å². The van der Waals surface area contributed by atoms with Gasteiger partial charge in [0, 0.05) is 21.5 Å². The molecule has 0 heterocycles. The van der Waals surface area contributed by atoms with Crippen molar-refractivity contribution in [1.29, 1.82) is 0 Å². The van der Waals surface area contributed by atoms with Crippen LogP contribution in [0.3, 0.4) is 0 Å². The van der Waals surface area contributed by atoms with E-state index >= 15 is 0 Å². The molecule has 0 aliphatic heterocycles. The first kappa shape index (κ1) is 17.5. The number of halogens is 2. The van der Waals surface area contributed by atoms with Gasteiger partial charge in [-0.05, 0) is 58.4 Å². The van der Waals surface area contributed by atoms with Crippen LogP contribution in [0.25, 0.3) is 0 Å². The molecule has 3 nitrogen and oxygen atoms in total. The molecule has 0 unspecified atom stereocenters. The molecule has 0 aliphatic rings. The van der Waals surface area contributed by atoms with E-state index in [2.05, 4.69) is 31.9 Å². The molecule has 0 atom stereocenters. The van der Waals surface area contributed by atoms with Crippen molar-refractivity contribution in [3.8, 4) is 0 Å². The number of hydrogen-bond acceptors (Lipinski definition) is 2. The van der Waals surface area contributed by atoms with Crippen LogP contribution in [0.1, 0.15) is 40.2 Å². The average molecular weight is 407 g/mol. The van der Waals surface area contributed by atoms with Crippen LogP contribution >= 0.6 is 31.9 Å². The molecule has 20 heavy (non-hydrogen) atoms. The van der Waals surface area contributed by atoms with Gasteiger partial charge >= 0.3 is 6.09 Å². The second kappa shape index (κ2) is 6.94. The summed E-state index contributed by atoms with van der Waals surface area (Å²) in [6.45, 7) is 10.1. The molecule has 5 heteroatoms. The highest BCUT2D eigenvalue weighted by Gasteiger charge is 2.24. The van der Waals surface area contributed by atoms with E-state index in [0.29, 0.717) is 6.54 Å². The van der Waals surface area contributed by atoms with Crippen LogP contribution in [-0.2, 0) is 11.3 Å². The zero-order valence-electron chi connectivity index (χ0n) is 12.5. The SMILES string of the molecule is CC(C)N(Cc1cc(Br)cc(Br)c1)C(=O)OC(C)(C)C. The summed E-state index contributed by atoms with van der Waals surface area (Å²) in [7, 11) is 0. The van der Waals surface area contributed by atoms with Gasteiger partial charge in [0.05, 0.1) is 0 Å². The van der Waals surface area contributed by atoms with Crippen molar-refractivity contribution >= 4 is 38.0 Å². The number of ether oxygens (including phenoxy) is 1. The second-order valence-electron chi connectivity index (χ2n) is 5.98. The Morgan fingerprint density at radius 3 is 2.10 bits per heavy atom. The minimum absolute atomic E-state index is 0.0719. The summed E-state index contributed by atoms with van der Waals surface area (Å²) in [6, 6.07) is 6.05. The van der Waals surface area contributed by atoms with Crippen LogP contribution in [0, 0.1) is 0 Å². The zero-order chi connectivity index (χ0) is 15.5. The van der Waals surface area contributed by atoms with E-state index in [-0.39, 0.29) is 12.1 Å². The Morgan fingerprint density at radius 2 is 1.70 bits per heavy atom. The second-order valence-corrected chi connectivity index (χ2v) is 7.81. The highest BCUT2D eigenvalue weighted by atomic mass is 79.9. The molecule has 1 amide bonds. The fourth-order valence-electron chi connectivity index (χ4n) is 1.68. The van der Waals surface area contributed by atoms with Crippen LogP contribution in [0.4, 0.5) is 4.79 Å². The van der Waals surface area contributed by atoms with Crippen LogP contribution in [0.15, 0.2) is 27.1 Å². The maximum atomic E-state index is 12.3. The van der Waals surface area contributed by atoms with Crippen molar-refractivity contribution in [2.24, 2.45) is 0 Å². The lowest BCUT2D eigenvalue weighted by molar-refractivity contribution is 0.0172. The normalized spacial score (nSPS) is 11.6. The van der Waals surface area contributed by atoms with Crippen LogP contribution in [0.2, 0.25) is 0 Å². The fraction of sp³-hybridized carbons (Fsp3) is 0.533. The maximum absolute atomic E-state index is 12.3. The van der Waals surface area contributed by atoms with Gasteiger partial charge in [-0.3, -0.25) is 0 Å². The first-order valence-corrected chi connectivity index (χ1v) is 8.11. The standard InChI is InChI=1S/C15H21Br2NO2/c1-10(2)18(14(19)20-15(3,4)5)9-11-6-12(16)8-13(17)7-11/h6-8,10H,9H2,1-5H3. The summed E-state index contributed by atoms with van der Waals surface area (Å²) in [4.78, 5) is 14.0. The van der Waals surface area contributed by atoms with Gasteiger partial charge in [0.1, 0.15) is 5.60 Å². The van der Waals surface area contributed by atoms with Gasteiger partial charge in [-0.15, -0.1) is 0 Å². The molecular weight excluding hydrogens is 386 g/mol. The van der Waals surface area contributed by atoms with Gasteiger partial charge in [-0.25, -0.2) is 4.79 Å². The lowest BCUT2D eigenvalue weighted by atomic mass is 10.2. The van der Waals surface area contributed by atoms with E-state index in [1.165, 1.54) is 0 Å². The highest BCUT2D eigenvalue weighted by Crippen LogP contribution is 2.22. The lowest BCUT2D eigenvalue weighted by Crippen LogP contribution is -2.40. The van der Waals surface area contributed by atoms with Gasteiger partial charge in [-0.1, -0.05) is 31.9 Å². The molecular formula is C15H21Br2NO2. The summed E-state index contributed by atoms with van der Waals surface area (Å²) in [5, 5.41) is 0. The minimum atomic E-state index is -0.484. The number of carbonyl (C=O) groups is 1. The topological polar surface area (TPSA) is 29.5 Å². The fourth-order valence-corrected chi connectivity index (χ4v) is 3.07. The van der Waals surface area contributed by atoms with Crippen molar-refractivity contribution in [3.05, 3.63) is 32.7 Å². The average Bonchev–Trinajstić information content (AvgIpc) is 2.21. The van der Waals surface area contributed by atoms with E-state index in [4.69, 9.17) is 4.74 Å². The van der Waals surface area contributed by atoms with Crippen LogP contribution < -0.4 is 0 Å². The number of rotatable bonds is 3. The predicted octanol–water partition coefficient (Wildman–Crippen LogP) is 5.36. The monoisotopic (exact) mass is 405 g/mol. The Bertz CT molecular complexity index is 461. The lowest BCUT2D eigenvalue weighted by Gasteiger charge is -2.30. The third kappa shape index (κ3) is 5.83. The molecule has 1 aromatic carbocycles. The van der Waals surface area contributed by atoms with Gasteiger partial charge < -0.3 is 9.64 Å². The van der Waals surface area contributed by atoms with Crippen LogP contribution in [-0.4, -0.2) is 22.6 Å². The van der Waals surface area contributed by atoms with Crippen molar-refractivity contribution < 1.29 is 9.53 Å². The Kier molecular flexibility index (Phi) is 6.07. The molecule has 0 radical (unpaired) electrons. The van der Waals surface area contributed by atoms with Crippen molar-refractivity contribution in [2.75, 3.05) is 0 Å². The largest absolute Gasteiger partial charge is 0.444 e. The molecule has 0 bridgehead atoms. The molecule has 1 aromatic rings. The number of nitrogens with zero attached hydrogens (tertiary/aromatic N) is 1. The predicted molar refractivity (Wildman–Crippen MR) is 88.8 cm³/mol. The third-order valence-corrected chi connectivity index (χ3v) is 3.44. The summed E-state index contributed by atoms with van der Waals surface area (Å²) in [5.74, 6) is 0. The van der Waals surface area contributed by atoms with E-state index in [1.807, 2.05) is 52.8 Å². The Morgan fingerprint density at radius 1 is 1.20 bits per heavy atom. The van der Waals surface area contributed by atoms with Gasteiger partial charge in [0.25, 0.3) is 0 Å². The Labute approximate surface area is 137 Å².